The van der Waals surface area contributed by atoms with Gasteiger partial charge in [-0.2, -0.15) is 0 Å². The van der Waals surface area contributed by atoms with E-state index in [1.54, 1.807) is 21.4 Å². The summed E-state index contributed by atoms with van der Waals surface area (Å²) in [6.45, 7) is 0.460. The first-order chi connectivity index (χ1) is 12.7. The number of pyridine rings is 1. The van der Waals surface area contributed by atoms with Gasteiger partial charge in [-0.05, 0) is 30.5 Å². The van der Waals surface area contributed by atoms with Gasteiger partial charge in [-0.1, -0.05) is 43.2 Å². The Labute approximate surface area is 151 Å². The van der Waals surface area contributed by atoms with Crippen LogP contribution < -0.4 is 11.0 Å². The highest BCUT2D eigenvalue weighted by molar-refractivity contribution is 5.79. The third-order valence-electron chi connectivity index (χ3n) is 5.05. The summed E-state index contributed by atoms with van der Waals surface area (Å²) in [5, 5.41) is 2.89. The molecule has 0 spiro atoms. The first-order valence-corrected chi connectivity index (χ1v) is 9.10. The van der Waals surface area contributed by atoms with Crippen molar-refractivity contribution in [2.45, 2.75) is 44.8 Å². The van der Waals surface area contributed by atoms with E-state index < -0.39 is 0 Å². The molecule has 6 heteroatoms. The highest BCUT2D eigenvalue weighted by Crippen LogP contribution is 2.30. The molecule has 0 saturated heterocycles. The summed E-state index contributed by atoms with van der Waals surface area (Å²) < 4.78 is 3.33. The number of rotatable bonds is 5. The standard InChI is InChI=1S/C20H22N4O2/c25-18(22-13-15-7-2-1-3-8-15)14-23-17-11-6-12-21-19(17)24(20(23)26)16-9-4-5-10-16/h1-3,6-8,11-12,16H,4-5,9-10,13-14H2,(H,22,25). The molecule has 1 aromatic carbocycles. The number of benzene rings is 1. The monoisotopic (exact) mass is 350 g/mol. The fraction of sp³-hybridized carbons (Fsp3) is 0.350. The lowest BCUT2D eigenvalue weighted by atomic mass is 10.2. The fourth-order valence-electron chi connectivity index (χ4n) is 3.75. The molecule has 2 heterocycles. The van der Waals surface area contributed by atoms with Gasteiger partial charge in [-0.3, -0.25) is 13.9 Å². The second-order valence-corrected chi connectivity index (χ2v) is 6.79. The van der Waals surface area contributed by atoms with E-state index in [4.69, 9.17) is 0 Å². The summed E-state index contributed by atoms with van der Waals surface area (Å²) in [4.78, 5) is 29.8. The Kier molecular flexibility index (Phi) is 4.56. The molecule has 0 radical (unpaired) electrons. The van der Waals surface area contributed by atoms with Crippen LogP contribution in [0.3, 0.4) is 0 Å². The van der Waals surface area contributed by atoms with Crippen molar-refractivity contribution < 1.29 is 4.79 Å². The SMILES string of the molecule is O=C(Cn1c(=O)n(C2CCCC2)c2ncccc21)NCc1ccccc1. The molecule has 1 amide bonds. The molecule has 1 saturated carbocycles. The number of carbonyl (C=O) groups excluding carboxylic acids is 1. The van der Waals surface area contributed by atoms with E-state index in [0.29, 0.717) is 12.2 Å². The van der Waals surface area contributed by atoms with Gasteiger partial charge in [0.2, 0.25) is 5.91 Å². The molecule has 2 aromatic heterocycles. The maximum absolute atomic E-state index is 13.0. The maximum atomic E-state index is 13.0. The number of fused-ring (bicyclic) bond motifs is 1. The number of nitrogens with zero attached hydrogens (tertiary/aromatic N) is 3. The van der Waals surface area contributed by atoms with Gasteiger partial charge < -0.3 is 5.32 Å². The maximum Gasteiger partial charge on any atom is 0.331 e. The predicted octanol–water partition coefficient (Wildman–Crippen LogP) is 2.63. The largest absolute Gasteiger partial charge is 0.350 e. The zero-order valence-electron chi connectivity index (χ0n) is 14.6. The fourth-order valence-corrected chi connectivity index (χ4v) is 3.75. The molecule has 1 aliphatic carbocycles. The third-order valence-corrected chi connectivity index (χ3v) is 5.05. The molecule has 4 rings (SSSR count). The zero-order valence-corrected chi connectivity index (χ0v) is 14.6. The van der Waals surface area contributed by atoms with Gasteiger partial charge in [0.05, 0.1) is 5.52 Å². The lowest BCUT2D eigenvalue weighted by Crippen LogP contribution is -2.33. The molecule has 0 unspecified atom stereocenters. The van der Waals surface area contributed by atoms with E-state index in [-0.39, 0.29) is 24.2 Å². The Morgan fingerprint density at radius 1 is 1.12 bits per heavy atom. The van der Waals surface area contributed by atoms with Crippen molar-refractivity contribution in [3.63, 3.8) is 0 Å². The smallest absolute Gasteiger partial charge is 0.331 e. The van der Waals surface area contributed by atoms with Gasteiger partial charge in [0.25, 0.3) is 0 Å². The third kappa shape index (κ3) is 3.14. The van der Waals surface area contributed by atoms with E-state index >= 15 is 0 Å². The van der Waals surface area contributed by atoms with Gasteiger partial charge in [-0.15, -0.1) is 0 Å². The van der Waals surface area contributed by atoms with Crippen molar-refractivity contribution in [2.75, 3.05) is 0 Å². The van der Waals surface area contributed by atoms with Crippen LogP contribution in [0.1, 0.15) is 37.3 Å². The zero-order chi connectivity index (χ0) is 17.9. The van der Waals surface area contributed by atoms with Crippen LogP contribution in [0.2, 0.25) is 0 Å². The lowest BCUT2D eigenvalue weighted by molar-refractivity contribution is -0.121. The first-order valence-electron chi connectivity index (χ1n) is 9.10. The highest BCUT2D eigenvalue weighted by Gasteiger charge is 2.24. The summed E-state index contributed by atoms with van der Waals surface area (Å²) in [6, 6.07) is 13.6. The average molecular weight is 350 g/mol. The molecule has 1 fully saturated rings. The minimum Gasteiger partial charge on any atom is -0.350 e. The van der Waals surface area contributed by atoms with Gasteiger partial charge >= 0.3 is 5.69 Å². The number of aromatic nitrogens is 3. The van der Waals surface area contributed by atoms with Gasteiger partial charge in [0.1, 0.15) is 6.54 Å². The number of nitrogens with one attached hydrogen (secondary N) is 1. The molecule has 1 aliphatic rings. The molecule has 3 aromatic rings. The molecule has 134 valence electrons. The van der Waals surface area contributed by atoms with Crippen LogP contribution in [0.5, 0.6) is 0 Å². The van der Waals surface area contributed by atoms with Gasteiger partial charge in [0, 0.05) is 18.8 Å². The summed E-state index contributed by atoms with van der Waals surface area (Å²) in [7, 11) is 0. The Hall–Kier alpha value is -2.89. The quantitative estimate of drug-likeness (QED) is 0.769. The topological polar surface area (TPSA) is 68.9 Å². The summed E-state index contributed by atoms with van der Waals surface area (Å²) in [6.07, 6.45) is 5.96. The van der Waals surface area contributed by atoms with Crippen molar-refractivity contribution in [1.29, 1.82) is 0 Å². The second kappa shape index (κ2) is 7.15. The van der Waals surface area contributed by atoms with Crippen molar-refractivity contribution in [2.24, 2.45) is 0 Å². The Balaban J connectivity index is 1.59. The highest BCUT2D eigenvalue weighted by atomic mass is 16.2. The number of carbonyl (C=O) groups is 1. The van der Waals surface area contributed by atoms with Crippen molar-refractivity contribution >= 4 is 17.1 Å². The molecule has 1 N–H and O–H groups in total. The van der Waals surface area contributed by atoms with E-state index in [1.807, 2.05) is 36.4 Å². The van der Waals surface area contributed by atoms with Crippen LogP contribution >= 0.6 is 0 Å². The minimum atomic E-state index is -0.176. The minimum absolute atomic E-state index is 0.00752. The normalized spacial score (nSPS) is 14.8. The summed E-state index contributed by atoms with van der Waals surface area (Å²) in [5.74, 6) is -0.176. The number of amides is 1. The number of imidazole rings is 1. The molecular weight excluding hydrogens is 328 g/mol. The van der Waals surface area contributed by atoms with Crippen LogP contribution in [0.4, 0.5) is 0 Å². The summed E-state index contributed by atoms with van der Waals surface area (Å²) >= 11 is 0. The van der Waals surface area contributed by atoms with E-state index in [1.165, 1.54) is 0 Å². The number of hydrogen-bond acceptors (Lipinski definition) is 3. The van der Waals surface area contributed by atoms with Crippen LogP contribution in [-0.4, -0.2) is 20.0 Å². The molecule has 26 heavy (non-hydrogen) atoms. The summed E-state index contributed by atoms with van der Waals surface area (Å²) in [5.41, 5.74) is 2.29. The molecule has 0 aliphatic heterocycles. The van der Waals surface area contributed by atoms with E-state index in [2.05, 4.69) is 10.3 Å². The molecular formula is C20H22N4O2. The Morgan fingerprint density at radius 2 is 1.88 bits per heavy atom. The molecule has 0 atom stereocenters. The average Bonchev–Trinajstić information content (AvgIpc) is 3.28. The van der Waals surface area contributed by atoms with Crippen molar-refractivity contribution in [3.05, 3.63) is 64.7 Å². The first kappa shape index (κ1) is 16.6. The lowest BCUT2D eigenvalue weighted by Gasteiger charge is -2.10. The second-order valence-electron chi connectivity index (χ2n) is 6.79. The van der Waals surface area contributed by atoms with Crippen LogP contribution in [0.15, 0.2) is 53.5 Å². The number of hydrogen-bond donors (Lipinski definition) is 1. The van der Waals surface area contributed by atoms with E-state index in [9.17, 15) is 9.59 Å². The van der Waals surface area contributed by atoms with Gasteiger partial charge in [0.15, 0.2) is 5.65 Å². The van der Waals surface area contributed by atoms with Crippen molar-refractivity contribution in [1.82, 2.24) is 19.4 Å². The van der Waals surface area contributed by atoms with E-state index in [0.717, 1.165) is 36.8 Å². The van der Waals surface area contributed by atoms with Crippen molar-refractivity contribution in [3.8, 4) is 0 Å². The van der Waals surface area contributed by atoms with Crippen LogP contribution in [-0.2, 0) is 17.9 Å². The Morgan fingerprint density at radius 3 is 2.65 bits per heavy atom. The molecule has 6 nitrogen and oxygen atoms in total. The Bertz CT molecular complexity index is 968. The van der Waals surface area contributed by atoms with Crippen LogP contribution in [0.25, 0.3) is 11.2 Å². The predicted molar refractivity (Wildman–Crippen MR) is 99.8 cm³/mol. The molecule has 0 bridgehead atoms. The van der Waals surface area contributed by atoms with Crippen LogP contribution in [0, 0.1) is 0 Å². The van der Waals surface area contributed by atoms with Gasteiger partial charge in [-0.25, -0.2) is 9.78 Å².